The van der Waals surface area contributed by atoms with E-state index in [0.29, 0.717) is 6.54 Å². The fraction of sp³-hybridized carbons (Fsp3) is 0.125. The van der Waals surface area contributed by atoms with Crippen LogP contribution in [0.4, 0.5) is 5.69 Å². The Morgan fingerprint density at radius 2 is 1.90 bits per heavy atom. The molecule has 1 aromatic heterocycles. The van der Waals surface area contributed by atoms with Crippen molar-refractivity contribution in [2.75, 3.05) is 5.32 Å². The van der Waals surface area contributed by atoms with Gasteiger partial charge < -0.3 is 5.32 Å². The van der Waals surface area contributed by atoms with Crippen molar-refractivity contribution in [2.45, 2.75) is 13.5 Å². The van der Waals surface area contributed by atoms with Crippen molar-refractivity contribution < 1.29 is 0 Å². The SMILES string of the molecule is Cc1ccc(NCc2n[nH]nc2-c2ccccc2)c(Br)c1. The molecule has 0 amide bonds. The van der Waals surface area contributed by atoms with Crippen LogP contribution < -0.4 is 5.32 Å². The molecule has 21 heavy (non-hydrogen) atoms. The Morgan fingerprint density at radius 1 is 1.10 bits per heavy atom. The van der Waals surface area contributed by atoms with Crippen molar-refractivity contribution in [1.82, 2.24) is 15.4 Å². The van der Waals surface area contributed by atoms with E-state index in [2.05, 4.69) is 61.8 Å². The maximum atomic E-state index is 4.25. The highest BCUT2D eigenvalue weighted by Crippen LogP contribution is 2.25. The van der Waals surface area contributed by atoms with E-state index in [-0.39, 0.29) is 0 Å². The summed E-state index contributed by atoms with van der Waals surface area (Å²) >= 11 is 3.57. The van der Waals surface area contributed by atoms with E-state index in [9.17, 15) is 0 Å². The Morgan fingerprint density at radius 3 is 2.67 bits per heavy atom. The monoisotopic (exact) mass is 342 g/mol. The number of H-pyrrole nitrogens is 1. The number of nitrogens with one attached hydrogen (secondary N) is 2. The summed E-state index contributed by atoms with van der Waals surface area (Å²) in [6.45, 7) is 2.68. The van der Waals surface area contributed by atoms with Gasteiger partial charge in [-0.1, -0.05) is 36.4 Å². The summed E-state index contributed by atoms with van der Waals surface area (Å²) in [6.07, 6.45) is 0. The minimum absolute atomic E-state index is 0.613. The van der Waals surface area contributed by atoms with E-state index < -0.39 is 0 Å². The van der Waals surface area contributed by atoms with E-state index in [0.717, 1.165) is 27.1 Å². The zero-order valence-corrected chi connectivity index (χ0v) is 13.2. The first-order valence-electron chi connectivity index (χ1n) is 6.69. The predicted octanol–water partition coefficient (Wildman–Crippen LogP) is 4.15. The van der Waals surface area contributed by atoms with Gasteiger partial charge in [0.2, 0.25) is 0 Å². The van der Waals surface area contributed by atoms with Crippen molar-refractivity contribution in [3.05, 3.63) is 64.3 Å². The molecule has 4 nitrogen and oxygen atoms in total. The van der Waals surface area contributed by atoms with E-state index in [1.807, 2.05) is 30.3 Å². The van der Waals surface area contributed by atoms with Gasteiger partial charge in [-0.15, -0.1) is 0 Å². The Kier molecular flexibility index (Phi) is 4.01. The van der Waals surface area contributed by atoms with E-state index in [1.54, 1.807) is 0 Å². The van der Waals surface area contributed by atoms with E-state index in [1.165, 1.54) is 5.56 Å². The quantitative estimate of drug-likeness (QED) is 0.748. The second kappa shape index (κ2) is 6.10. The molecule has 3 rings (SSSR count). The molecule has 1 heterocycles. The zero-order valence-electron chi connectivity index (χ0n) is 11.6. The number of hydrogen-bond donors (Lipinski definition) is 2. The average molecular weight is 343 g/mol. The van der Waals surface area contributed by atoms with Gasteiger partial charge in [0.25, 0.3) is 0 Å². The molecule has 0 aliphatic rings. The van der Waals surface area contributed by atoms with Crippen LogP contribution in [0.5, 0.6) is 0 Å². The molecule has 0 saturated carbocycles. The summed E-state index contributed by atoms with van der Waals surface area (Å²) in [5, 5.41) is 14.6. The van der Waals surface area contributed by atoms with Gasteiger partial charge >= 0.3 is 0 Å². The van der Waals surface area contributed by atoms with Crippen molar-refractivity contribution in [2.24, 2.45) is 0 Å². The molecule has 0 aliphatic heterocycles. The fourth-order valence-electron chi connectivity index (χ4n) is 2.15. The third-order valence-corrected chi connectivity index (χ3v) is 3.89. The van der Waals surface area contributed by atoms with Crippen LogP contribution in [0, 0.1) is 6.92 Å². The minimum atomic E-state index is 0.613. The summed E-state index contributed by atoms with van der Waals surface area (Å²) in [7, 11) is 0. The highest BCUT2D eigenvalue weighted by atomic mass is 79.9. The van der Waals surface area contributed by atoms with Gasteiger partial charge in [0.1, 0.15) is 11.4 Å². The molecule has 2 aromatic carbocycles. The third-order valence-electron chi connectivity index (χ3n) is 3.24. The van der Waals surface area contributed by atoms with Crippen LogP contribution in [0.1, 0.15) is 11.3 Å². The van der Waals surface area contributed by atoms with Gasteiger partial charge in [-0.05, 0) is 40.5 Å². The smallest absolute Gasteiger partial charge is 0.117 e. The normalized spacial score (nSPS) is 10.6. The molecule has 0 atom stereocenters. The van der Waals surface area contributed by atoms with Crippen LogP contribution >= 0.6 is 15.9 Å². The van der Waals surface area contributed by atoms with Crippen LogP contribution in [0.15, 0.2) is 53.0 Å². The first-order valence-corrected chi connectivity index (χ1v) is 7.48. The lowest BCUT2D eigenvalue weighted by atomic mass is 10.1. The molecule has 0 fully saturated rings. The number of aromatic nitrogens is 3. The van der Waals surface area contributed by atoms with Crippen molar-refractivity contribution in [1.29, 1.82) is 0 Å². The first kappa shape index (κ1) is 13.8. The number of halogens is 1. The third kappa shape index (κ3) is 3.13. The molecule has 2 N–H and O–H groups in total. The van der Waals surface area contributed by atoms with Crippen LogP contribution in [-0.2, 0) is 6.54 Å². The van der Waals surface area contributed by atoms with Gasteiger partial charge in [0, 0.05) is 15.7 Å². The van der Waals surface area contributed by atoms with Gasteiger partial charge in [-0.25, -0.2) is 0 Å². The zero-order chi connectivity index (χ0) is 14.7. The maximum Gasteiger partial charge on any atom is 0.117 e. The molecule has 5 heteroatoms. The number of anilines is 1. The Labute approximate surface area is 131 Å². The first-order chi connectivity index (χ1) is 10.2. The Balaban J connectivity index is 1.79. The number of aromatic amines is 1. The minimum Gasteiger partial charge on any atom is -0.378 e. The number of benzene rings is 2. The summed E-state index contributed by atoms with van der Waals surface area (Å²) in [5.74, 6) is 0. The predicted molar refractivity (Wildman–Crippen MR) is 88.0 cm³/mol. The molecule has 0 spiro atoms. The van der Waals surface area contributed by atoms with E-state index >= 15 is 0 Å². The molecule has 0 aliphatic carbocycles. The summed E-state index contributed by atoms with van der Waals surface area (Å²) in [4.78, 5) is 0. The lowest BCUT2D eigenvalue weighted by Crippen LogP contribution is -2.02. The molecular weight excluding hydrogens is 328 g/mol. The van der Waals surface area contributed by atoms with Gasteiger partial charge in [0.15, 0.2) is 0 Å². The summed E-state index contributed by atoms with van der Waals surface area (Å²) in [5.41, 5.74) is 5.10. The van der Waals surface area contributed by atoms with Gasteiger partial charge in [0.05, 0.1) is 6.54 Å². The highest BCUT2D eigenvalue weighted by molar-refractivity contribution is 9.10. The Bertz CT molecular complexity index is 737. The van der Waals surface area contributed by atoms with Crippen molar-refractivity contribution in [3.63, 3.8) is 0 Å². The highest BCUT2D eigenvalue weighted by Gasteiger charge is 2.10. The van der Waals surface area contributed by atoms with Gasteiger partial charge in [-0.3, -0.25) is 0 Å². The lowest BCUT2D eigenvalue weighted by Gasteiger charge is -2.08. The molecule has 3 aromatic rings. The number of aryl methyl sites for hydroxylation is 1. The number of rotatable bonds is 4. The number of nitrogens with zero attached hydrogens (tertiary/aromatic N) is 2. The largest absolute Gasteiger partial charge is 0.378 e. The molecule has 0 bridgehead atoms. The van der Waals surface area contributed by atoms with Crippen molar-refractivity contribution in [3.8, 4) is 11.3 Å². The van der Waals surface area contributed by atoms with Crippen molar-refractivity contribution >= 4 is 21.6 Å². The molecule has 106 valence electrons. The molecule has 0 saturated heterocycles. The number of hydrogen-bond acceptors (Lipinski definition) is 3. The van der Waals surface area contributed by atoms with Crippen LogP contribution in [0.2, 0.25) is 0 Å². The van der Waals surface area contributed by atoms with Crippen LogP contribution in [0.25, 0.3) is 11.3 Å². The van der Waals surface area contributed by atoms with Crippen LogP contribution in [-0.4, -0.2) is 15.4 Å². The summed E-state index contributed by atoms with van der Waals surface area (Å²) < 4.78 is 1.05. The lowest BCUT2D eigenvalue weighted by molar-refractivity contribution is 0.911. The average Bonchev–Trinajstić information content (AvgIpc) is 2.96. The standard InChI is InChI=1S/C16H15BrN4/c1-11-7-8-14(13(17)9-11)18-10-15-16(20-21-19-15)12-5-3-2-4-6-12/h2-9,18H,10H2,1H3,(H,19,20,21). The maximum absolute atomic E-state index is 4.25. The molecule has 0 unspecified atom stereocenters. The Hall–Kier alpha value is -2.14. The fourth-order valence-corrected chi connectivity index (χ4v) is 2.78. The molecular formula is C16H15BrN4. The second-order valence-electron chi connectivity index (χ2n) is 4.82. The van der Waals surface area contributed by atoms with Gasteiger partial charge in [-0.2, -0.15) is 15.4 Å². The van der Waals surface area contributed by atoms with Crippen LogP contribution in [0.3, 0.4) is 0 Å². The van der Waals surface area contributed by atoms with E-state index in [4.69, 9.17) is 0 Å². The summed E-state index contributed by atoms with van der Waals surface area (Å²) in [6, 6.07) is 16.3. The topological polar surface area (TPSA) is 53.6 Å². The molecule has 0 radical (unpaired) electrons. The second-order valence-corrected chi connectivity index (χ2v) is 5.68.